The van der Waals surface area contributed by atoms with Gasteiger partial charge in [-0.25, -0.2) is 10.5 Å². The summed E-state index contributed by atoms with van der Waals surface area (Å²) in [6.07, 6.45) is 12.1. The molecule has 0 fully saturated rings. The fourth-order valence-corrected chi connectivity index (χ4v) is 11.0. The van der Waals surface area contributed by atoms with Gasteiger partial charge in [0.2, 0.25) is 5.69 Å². The van der Waals surface area contributed by atoms with E-state index in [1.165, 1.54) is 6.07 Å². The number of rotatable bonds is 18. The van der Waals surface area contributed by atoms with Gasteiger partial charge in [-0.1, -0.05) is 65.9 Å². The first-order chi connectivity index (χ1) is 28.4. The number of para-hydroxylation sites is 1. The topological polar surface area (TPSA) is 192 Å². The van der Waals surface area contributed by atoms with Crippen molar-refractivity contribution in [2.75, 3.05) is 29.5 Å². The molecular weight excluding hydrogens is 876 g/mol. The first-order valence-corrected chi connectivity index (χ1v) is 24.3. The lowest BCUT2D eigenvalue weighted by molar-refractivity contribution is -0.438. The molecule has 0 amide bonds. The van der Waals surface area contributed by atoms with Crippen molar-refractivity contribution in [3.05, 3.63) is 106 Å². The van der Waals surface area contributed by atoms with Crippen LogP contribution in [-0.2, 0) is 49.8 Å². The van der Waals surface area contributed by atoms with Crippen LogP contribution in [0.2, 0.25) is 0 Å². The summed E-state index contributed by atoms with van der Waals surface area (Å²) in [4.78, 5) is 2.07. The molecule has 1 aliphatic carbocycles. The van der Waals surface area contributed by atoms with Crippen LogP contribution in [-0.4, -0.2) is 71.3 Å². The molecule has 6 rings (SSSR count). The van der Waals surface area contributed by atoms with Crippen LogP contribution in [0.1, 0.15) is 77.3 Å². The molecule has 3 aliphatic rings. The number of benzene rings is 3. The Morgan fingerprint density at radius 1 is 0.900 bits per heavy atom. The van der Waals surface area contributed by atoms with E-state index in [1.54, 1.807) is 12.1 Å². The smallest absolute Gasteiger partial charge is 0.295 e. The number of halogens is 1. The molecule has 0 saturated carbocycles. The van der Waals surface area contributed by atoms with Gasteiger partial charge in [0, 0.05) is 80.6 Å². The Morgan fingerprint density at radius 3 is 2.37 bits per heavy atom. The van der Waals surface area contributed by atoms with Crippen molar-refractivity contribution in [1.82, 2.24) is 0 Å². The van der Waals surface area contributed by atoms with Gasteiger partial charge in [0.05, 0.1) is 23.2 Å². The van der Waals surface area contributed by atoms with E-state index in [0.717, 1.165) is 70.8 Å². The number of hydrogen-bond donors (Lipinski definition) is 4. The normalized spacial score (nSPS) is 19.1. The maximum Gasteiger partial charge on any atom is 0.295 e. The lowest BCUT2D eigenvalue weighted by atomic mass is 9.78. The molecule has 4 N–H and O–H groups in total. The Labute approximate surface area is 363 Å². The average molecular weight is 925 g/mol. The largest absolute Gasteiger partial charge is 0.344 e. The van der Waals surface area contributed by atoms with Gasteiger partial charge in [-0.05, 0) is 98.4 Å². The molecule has 0 saturated heterocycles. The van der Waals surface area contributed by atoms with Crippen LogP contribution in [0.4, 0.5) is 11.4 Å². The number of hydrogen-bond acceptors (Lipinski definition) is 13. The lowest BCUT2D eigenvalue weighted by Gasteiger charge is -2.27. The number of unbranched alkanes of at least 4 members (excludes halogenated alkanes) is 1. The van der Waals surface area contributed by atoms with E-state index in [0.29, 0.717) is 65.1 Å². The van der Waals surface area contributed by atoms with E-state index in [1.807, 2.05) is 56.3 Å². The Bertz CT molecular complexity index is 2510. The zero-order valence-corrected chi connectivity index (χ0v) is 37.5. The van der Waals surface area contributed by atoms with Crippen molar-refractivity contribution >= 4 is 83.8 Å². The Hall–Kier alpha value is -3.08. The highest BCUT2D eigenvalue weighted by molar-refractivity contribution is 7.94. The molecule has 3 aromatic carbocycles. The molecule has 14 nitrogen and oxygen atoms in total. The molecular formula is C41H48ClN2O12S4+. The molecule has 0 bridgehead atoms. The van der Waals surface area contributed by atoms with Crippen LogP contribution in [0, 0.1) is 0 Å². The van der Waals surface area contributed by atoms with Crippen molar-refractivity contribution in [2.45, 2.75) is 86.8 Å². The van der Waals surface area contributed by atoms with Crippen LogP contribution in [0.3, 0.4) is 0 Å². The third-order valence-corrected chi connectivity index (χ3v) is 14.5. The van der Waals surface area contributed by atoms with Gasteiger partial charge in [-0.15, -0.1) is 8.67 Å². The van der Waals surface area contributed by atoms with E-state index in [2.05, 4.69) is 54.2 Å². The second kappa shape index (κ2) is 19.1. The van der Waals surface area contributed by atoms with Crippen LogP contribution >= 0.6 is 35.7 Å². The fraction of sp³-hybridized carbons (Fsp3) is 0.390. The minimum atomic E-state index is -4.75. The predicted molar refractivity (Wildman–Crippen MR) is 234 cm³/mol. The van der Waals surface area contributed by atoms with Crippen LogP contribution in [0.5, 0.6) is 0 Å². The van der Waals surface area contributed by atoms with Gasteiger partial charge in [-0.3, -0.25) is 9.11 Å². The van der Waals surface area contributed by atoms with E-state index in [9.17, 15) is 25.9 Å². The van der Waals surface area contributed by atoms with Crippen LogP contribution in [0.25, 0.3) is 10.8 Å². The molecule has 2 heterocycles. The van der Waals surface area contributed by atoms with Crippen LogP contribution < -0.4 is 4.90 Å². The molecule has 60 heavy (non-hydrogen) atoms. The Morgan fingerprint density at radius 2 is 1.65 bits per heavy atom. The summed E-state index contributed by atoms with van der Waals surface area (Å²) in [5.74, 6) is 0.200. The standard InChI is InChI=1S/C41H47ClN2O12S4/c1-40(2)31-13-5-6-14-32(31)43(22-10-24-59(47,48)49)35(40)19-16-27-11-9-12-28(39(27)42)17-20-36-41(3,4)38-33(44(36)21-7-8-23-57-55-53-45)18-15-29-25-30(58-56-54-46)26-34(37(29)38)60(50,51)52/h5-6,13-20,25-26H,7-12,21-24H2,1-4H3,(H3-,45,46,47,48,49,50,51,52)/p+1. The Balaban J connectivity index is 1.39. The highest BCUT2D eigenvalue weighted by Crippen LogP contribution is 2.49. The summed E-state index contributed by atoms with van der Waals surface area (Å²) in [5.41, 5.74) is 6.16. The minimum Gasteiger partial charge on any atom is -0.344 e. The molecule has 0 aromatic heterocycles. The monoisotopic (exact) mass is 923 g/mol. The molecule has 0 atom stereocenters. The zero-order valence-electron chi connectivity index (χ0n) is 33.5. The van der Waals surface area contributed by atoms with E-state index >= 15 is 0 Å². The van der Waals surface area contributed by atoms with Gasteiger partial charge >= 0.3 is 0 Å². The van der Waals surface area contributed by atoms with Crippen molar-refractivity contribution in [2.24, 2.45) is 0 Å². The van der Waals surface area contributed by atoms with Gasteiger partial charge in [-0.2, -0.15) is 21.4 Å². The molecule has 2 aliphatic heterocycles. The molecule has 324 valence electrons. The third kappa shape index (κ3) is 10.1. The SMILES string of the molecule is CC1(C)C(/C=C/C2=C(Cl)C(=C/C=C3/N(CCCS(=O)(=O)O)c4ccccc4C3(C)C)/CCC2)=[N+](CCCCSOOO)c2ccc3cc(SOOO)cc(S(=O)(=O)O)c3c21. The van der Waals surface area contributed by atoms with Crippen molar-refractivity contribution in [1.29, 1.82) is 0 Å². The second-order valence-corrected chi connectivity index (χ2v) is 20.6. The highest BCUT2D eigenvalue weighted by Gasteiger charge is 2.47. The van der Waals surface area contributed by atoms with Crippen LogP contribution in [0.15, 0.2) is 105 Å². The first kappa shape index (κ1) is 46.4. The van der Waals surface area contributed by atoms with Gasteiger partial charge < -0.3 is 4.90 Å². The maximum absolute atomic E-state index is 13.0. The molecule has 3 aromatic rings. The number of nitrogens with zero attached hydrogens (tertiary/aromatic N) is 2. The first-order valence-electron chi connectivity index (χ1n) is 19.2. The number of anilines is 1. The quantitative estimate of drug-likeness (QED) is 0.0235. The summed E-state index contributed by atoms with van der Waals surface area (Å²) >= 11 is 8.78. The van der Waals surface area contributed by atoms with E-state index in [4.69, 9.17) is 22.1 Å². The predicted octanol–water partition coefficient (Wildman–Crippen LogP) is 9.86. The minimum absolute atomic E-state index is 0.247. The summed E-state index contributed by atoms with van der Waals surface area (Å²) < 4.78 is 80.2. The maximum atomic E-state index is 13.0. The molecule has 0 unspecified atom stereocenters. The van der Waals surface area contributed by atoms with E-state index in [-0.39, 0.29) is 27.4 Å². The van der Waals surface area contributed by atoms with Gasteiger partial charge in [0.15, 0.2) is 5.71 Å². The molecule has 19 heteroatoms. The van der Waals surface area contributed by atoms with Gasteiger partial charge in [0.1, 0.15) is 11.4 Å². The van der Waals surface area contributed by atoms with Crippen molar-refractivity contribution < 1.29 is 59.8 Å². The van der Waals surface area contributed by atoms with E-state index < -0.39 is 25.7 Å². The summed E-state index contributed by atoms with van der Waals surface area (Å²) in [6, 6.07) is 14.7. The van der Waals surface area contributed by atoms with Gasteiger partial charge in [0.25, 0.3) is 20.2 Å². The fourth-order valence-electron chi connectivity index (χ4n) is 8.53. The zero-order chi connectivity index (χ0) is 43.5. The average Bonchev–Trinajstić information content (AvgIpc) is 3.54. The highest BCUT2D eigenvalue weighted by atomic mass is 35.5. The Kier molecular flexibility index (Phi) is 14.8. The number of fused-ring (bicyclic) bond motifs is 4. The second-order valence-electron chi connectivity index (χ2n) is 15.7. The molecule has 0 spiro atoms. The molecule has 0 radical (unpaired) electrons. The summed E-state index contributed by atoms with van der Waals surface area (Å²) in [6.45, 7) is 9.22. The number of allylic oxidation sites excluding steroid dienone is 8. The lowest BCUT2D eigenvalue weighted by Crippen LogP contribution is -2.28. The third-order valence-electron chi connectivity index (χ3n) is 11.2. The summed E-state index contributed by atoms with van der Waals surface area (Å²) in [7, 11) is -8.86. The van der Waals surface area contributed by atoms with Crippen molar-refractivity contribution in [3.63, 3.8) is 0 Å². The van der Waals surface area contributed by atoms with Crippen molar-refractivity contribution in [3.8, 4) is 0 Å². The summed E-state index contributed by atoms with van der Waals surface area (Å²) in [5, 5.41) is 26.2.